The lowest BCUT2D eigenvalue weighted by Crippen LogP contribution is -2.41. The van der Waals surface area contributed by atoms with Gasteiger partial charge < -0.3 is 25.7 Å². The Bertz CT molecular complexity index is 320. The third-order valence-corrected chi connectivity index (χ3v) is 1.35. The summed E-state index contributed by atoms with van der Waals surface area (Å²) in [5.41, 5.74) is 0. The Labute approximate surface area is 100 Å². The van der Waals surface area contributed by atoms with Crippen molar-refractivity contribution in [3.63, 3.8) is 0 Å². The summed E-state index contributed by atoms with van der Waals surface area (Å²) in [7, 11) is 0. The number of aliphatic carboxylic acids is 4. The van der Waals surface area contributed by atoms with E-state index in [-0.39, 0.29) is 6.04 Å². The lowest BCUT2D eigenvalue weighted by molar-refractivity contribution is -0.159. The Balaban J connectivity index is 0. The van der Waals surface area contributed by atoms with Gasteiger partial charge in [0.05, 0.1) is 12.1 Å². The molecule has 1 heterocycles. The van der Waals surface area contributed by atoms with Crippen LogP contribution in [0.1, 0.15) is 6.42 Å². The molecule has 1 aliphatic heterocycles. The topological polar surface area (TPSA) is 185 Å². The van der Waals surface area contributed by atoms with Crippen molar-refractivity contribution in [3.05, 3.63) is 0 Å². The largest absolute Gasteiger partial charge is 0.473 e. The maximum absolute atomic E-state index is 9.10. The van der Waals surface area contributed by atoms with Crippen molar-refractivity contribution in [2.45, 2.75) is 12.5 Å². The Morgan fingerprint density at radius 2 is 1.22 bits per heavy atom. The molecule has 0 spiro atoms. The van der Waals surface area contributed by atoms with E-state index >= 15 is 0 Å². The van der Waals surface area contributed by atoms with Gasteiger partial charge in [-0.3, -0.25) is 0 Å². The molecule has 0 radical (unpaired) electrons. The predicted octanol–water partition coefficient (Wildman–Crippen LogP) is -1.82. The molecular weight excluding hydrogens is 252 g/mol. The minimum atomic E-state index is -1.82. The van der Waals surface area contributed by atoms with E-state index in [9.17, 15) is 0 Å². The molecule has 0 amide bonds. The third kappa shape index (κ3) is 11.4. The Morgan fingerprint density at radius 1 is 0.944 bits per heavy atom. The van der Waals surface area contributed by atoms with E-state index in [2.05, 4.69) is 11.4 Å². The molecule has 1 saturated heterocycles. The molecule has 18 heavy (non-hydrogen) atoms. The van der Waals surface area contributed by atoms with Gasteiger partial charge in [0.15, 0.2) is 0 Å². The Morgan fingerprint density at radius 3 is 1.22 bits per heavy atom. The Hall–Kier alpha value is -2.67. The maximum Gasteiger partial charge on any atom is 0.414 e. The average Bonchev–Trinajstić information content (AvgIpc) is 2.17. The van der Waals surface area contributed by atoms with Crippen molar-refractivity contribution >= 4 is 23.9 Å². The summed E-state index contributed by atoms with van der Waals surface area (Å²) < 4.78 is 0. The highest BCUT2D eigenvalue weighted by atomic mass is 16.4. The number of carboxylic acid groups (broad SMARTS) is 4. The van der Waals surface area contributed by atoms with Gasteiger partial charge >= 0.3 is 23.9 Å². The second-order valence-corrected chi connectivity index (χ2v) is 2.65. The Kier molecular flexibility index (Phi) is 9.40. The van der Waals surface area contributed by atoms with Gasteiger partial charge in [0, 0.05) is 0 Å². The van der Waals surface area contributed by atoms with Gasteiger partial charge in [0.25, 0.3) is 0 Å². The van der Waals surface area contributed by atoms with E-state index in [1.807, 2.05) is 0 Å². The summed E-state index contributed by atoms with van der Waals surface area (Å²) in [6.07, 6.45) is 1.04. The van der Waals surface area contributed by atoms with Crippen LogP contribution in [0.3, 0.4) is 0 Å². The molecule has 0 aliphatic carbocycles. The van der Waals surface area contributed by atoms with Crippen LogP contribution in [0, 0.1) is 11.3 Å². The summed E-state index contributed by atoms with van der Waals surface area (Å²) in [4.78, 5) is 36.4. The molecule has 0 saturated carbocycles. The molecule has 1 fully saturated rings. The molecule has 0 unspecified atom stereocenters. The summed E-state index contributed by atoms with van der Waals surface area (Å²) in [5.74, 6) is -7.30. The number of rotatable bonds is 0. The molecule has 1 rings (SSSR count). The predicted molar refractivity (Wildman–Crippen MR) is 52.6 cm³/mol. The number of hydrogen-bond donors (Lipinski definition) is 5. The smallest absolute Gasteiger partial charge is 0.414 e. The van der Waals surface area contributed by atoms with Crippen LogP contribution in [0.4, 0.5) is 0 Å². The number of nitrogens with zero attached hydrogens (tertiary/aromatic N) is 1. The number of nitrogens with one attached hydrogen (secondary N) is 1. The van der Waals surface area contributed by atoms with Crippen molar-refractivity contribution in [2.75, 3.05) is 6.54 Å². The zero-order valence-electron chi connectivity index (χ0n) is 8.86. The SMILES string of the molecule is N#C[C@@H]1CCN1.O=C(O)C(=O)O.O=C(O)C(=O)O. The fourth-order valence-electron chi connectivity index (χ4n) is 0.399. The van der Waals surface area contributed by atoms with Crippen LogP contribution in [0.5, 0.6) is 0 Å². The number of nitriles is 1. The normalized spacial score (nSPS) is 15.2. The molecule has 10 heteroatoms. The number of carbonyl (C=O) groups is 4. The van der Waals surface area contributed by atoms with E-state index < -0.39 is 23.9 Å². The van der Waals surface area contributed by atoms with E-state index in [0.717, 1.165) is 13.0 Å². The first-order valence-corrected chi connectivity index (χ1v) is 4.27. The van der Waals surface area contributed by atoms with Gasteiger partial charge in [-0.05, 0) is 13.0 Å². The lowest BCUT2D eigenvalue weighted by atomic mass is 10.1. The van der Waals surface area contributed by atoms with Crippen LogP contribution in [0.15, 0.2) is 0 Å². The monoisotopic (exact) mass is 262 g/mol. The highest BCUT2D eigenvalue weighted by Gasteiger charge is 2.13. The van der Waals surface area contributed by atoms with Gasteiger partial charge in [-0.25, -0.2) is 19.2 Å². The standard InChI is InChI=1S/C4H6N2.2C2H2O4/c5-3-4-1-2-6-4;2*3-1(4)2(5)6/h4,6H,1-2H2;2*(H,3,4)(H,5,6)/t4-;;/m0../s1. The maximum atomic E-state index is 9.10. The average molecular weight is 262 g/mol. The second-order valence-electron chi connectivity index (χ2n) is 2.65. The van der Waals surface area contributed by atoms with Crippen LogP contribution in [0.25, 0.3) is 0 Å². The van der Waals surface area contributed by atoms with E-state index in [4.69, 9.17) is 44.9 Å². The van der Waals surface area contributed by atoms with Crippen LogP contribution in [-0.4, -0.2) is 56.9 Å². The van der Waals surface area contributed by atoms with Crippen molar-refractivity contribution < 1.29 is 39.6 Å². The second kappa shape index (κ2) is 9.55. The molecule has 0 aromatic rings. The van der Waals surface area contributed by atoms with Gasteiger partial charge in [-0.2, -0.15) is 5.26 Å². The van der Waals surface area contributed by atoms with Crippen molar-refractivity contribution in [2.24, 2.45) is 0 Å². The quantitative estimate of drug-likeness (QED) is 0.311. The van der Waals surface area contributed by atoms with E-state index in [1.165, 1.54) is 0 Å². The lowest BCUT2D eigenvalue weighted by Gasteiger charge is -2.19. The van der Waals surface area contributed by atoms with E-state index in [0.29, 0.717) is 0 Å². The molecule has 100 valence electrons. The fourth-order valence-corrected chi connectivity index (χ4v) is 0.399. The molecule has 1 aliphatic rings. The van der Waals surface area contributed by atoms with Gasteiger partial charge in [0.1, 0.15) is 0 Å². The minimum Gasteiger partial charge on any atom is -0.473 e. The van der Waals surface area contributed by atoms with E-state index in [1.54, 1.807) is 0 Å². The zero-order chi connectivity index (χ0) is 14.7. The molecule has 1 atom stereocenters. The fraction of sp³-hybridized carbons (Fsp3) is 0.375. The van der Waals surface area contributed by atoms with Crippen LogP contribution < -0.4 is 5.32 Å². The highest BCUT2D eigenvalue weighted by molar-refractivity contribution is 6.27. The van der Waals surface area contributed by atoms with Crippen LogP contribution in [0.2, 0.25) is 0 Å². The van der Waals surface area contributed by atoms with Gasteiger partial charge in [0.2, 0.25) is 0 Å². The van der Waals surface area contributed by atoms with Crippen molar-refractivity contribution in [3.8, 4) is 6.07 Å². The minimum absolute atomic E-state index is 0.171. The van der Waals surface area contributed by atoms with Crippen LogP contribution >= 0.6 is 0 Å². The summed E-state index contributed by atoms with van der Waals surface area (Å²) >= 11 is 0. The number of carboxylic acids is 4. The number of hydrogen-bond acceptors (Lipinski definition) is 6. The summed E-state index contributed by atoms with van der Waals surface area (Å²) in [6.45, 7) is 1.03. The summed E-state index contributed by atoms with van der Waals surface area (Å²) in [5, 5.41) is 40.6. The molecular formula is C8H10N2O8. The molecule has 0 aromatic heterocycles. The summed E-state index contributed by atoms with van der Waals surface area (Å²) in [6, 6.07) is 2.26. The molecule has 0 bridgehead atoms. The molecule has 0 aromatic carbocycles. The zero-order valence-corrected chi connectivity index (χ0v) is 8.86. The first kappa shape index (κ1) is 17.7. The van der Waals surface area contributed by atoms with Crippen LogP contribution in [-0.2, 0) is 19.2 Å². The molecule has 10 nitrogen and oxygen atoms in total. The van der Waals surface area contributed by atoms with Gasteiger partial charge in [-0.1, -0.05) is 0 Å². The highest BCUT2D eigenvalue weighted by Crippen LogP contribution is 1.97. The van der Waals surface area contributed by atoms with Gasteiger partial charge in [-0.15, -0.1) is 0 Å². The first-order valence-electron chi connectivity index (χ1n) is 4.27. The van der Waals surface area contributed by atoms with Crippen molar-refractivity contribution in [1.29, 1.82) is 5.26 Å². The third-order valence-electron chi connectivity index (χ3n) is 1.35. The molecule has 5 N–H and O–H groups in total. The first-order chi connectivity index (χ1) is 8.22. The van der Waals surface area contributed by atoms with Crippen molar-refractivity contribution in [1.82, 2.24) is 5.32 Å².